The largest absolute Gasteiger partial charge is 0.287 e. The first-order chi connectivity index (χ1) is 4.70. The van der Waals surface area contributed by atoms with Gasteiger partial charge in [0.1, 0.15) is 0 Å². The number of hydrogen-bond donors (Lipinski definition) is 1. The minimum absolute atomic E-state index is 0.467. The van der Waals surface area contributed by atoms with Gasteiger partial charge in [-0.2, -0.15) is 0 Å². The zero-order valence-corrected chi connectivity index (χ0v) is 6.35. The molecule has 0 atom stereocenters. The van der Waals surface area contributed by atoms with Crippen LogP contribution in [0.15, 0.2) is 16.8 Å². The second-order valence-electron chi connectivity index (χ2n) is 2.19. The van der Waals surface area contributed by atoms with Gasteiger partial charge in [-0.25, -0.2) is 5.53 Å². The van der Waals surface area contributed by atoms with Crippen molar-refractivity contribution in [2.45, 2.75) is 26.7 Å². The lowest BCUT2D eigenvalue weighted by molar-refractivity contribution is -0.114. The number of rotatable bonds is 3. The maximum absolute atomic E-state index is 10.5. The topological polar surface area (TPSA) is 53.3 Å². The molecule has 0 aromatic heterocycles. The zero-order valence-electron chi connectivity index (χ0n) is 6.35. The molecule has 0 saturated heterocycles. The third kappa shape index (κ3) is 3.95. The molecule has 0 unspecified atom stereocenters. The molecular formula is C7H12N2O. The van der Waals surface area contributed by atoms with Crippen LogP contribution < -0.4 is 0 Å². The third-order valence-corrected chi connectivity index (χ3v) is 1.12. The summed E-state index contributed by atoms with van der Waals surface area (Å²) in [7, 11) is 0. The molecule has 0 aliphatic rings. The van der Waals surface area contributed by atoms with Gasteiger partial charge in [-0.05, 0) is 13.3 Å². The van der Waals surface area contributed by atoms with Crippen LogP contribution in [0.4, 0.5) is 0 Å². The Labute approximate surface area is 60.6 Å². The smallest absolute Gasteiger partial charge is 0.266 e. The van der Waals surface area contributed by atoms with E-state index < -0.39 is 5.91 Å². The average Bonchev–Trinajstić information content (AvgIpc) is 1.88. The summed E-state index contributed by atoms with van der Waals surface area (Å²) in [6.07, 6.45) is 3.32. The number of nitrogens with zero attached hydrogens (tertiary/aromatic N) is 1. The molecule has 0 aromatic rings. The van der Waals surface area contributed by atoms with Gasteiger partial charge in [-0.1, -0.05) is 18.9 Å². The van der Waals surface area contributed by atoms with Crippen LogP contribution in [0.2, 0.25) is 0 Å². The summed E-state index contributed by atoms with van der Waals surface area (Å²) in [5.41, 5.74) is 7.35. The summed E-state index contributed by atoms with van der Waals surface area (Å²) in [5.74, 6) is -0.467. The summed E-state index contributed by atoms with van der Waals surface area (Å²) in [4.78, 5) is 10.5. The van der Waals surface area contributed by atoms with E-state index in [4.69, 9.17) is 5.53 Å². The van der Waals surface area contributed by atoms with Crippen LogP contribution in [0, 0.1) is 5.53 Å². The number of carbonyl (C=O) groups is 1. The van der Waals surface area contributed by atoms with Gasteiger partial charge in [0.25, 0.3) is 5.91 Å². The maximum Gasteiger partial charge on any atom is 0.287 e. The summed E-state index contributed by atoms with van der Waals surface area (Å²) in [6.45, 7) is 3.91. The predicted molar refractivity (Wildman–Crippen MR) is 38.8 cm³/mol. The molecule has 1 amide bonds. The molecule has 56 valence electrons. The Hall–Kier alpha value is -0.990. The molecule has 0 fully saturated rings. The van der Waals surface area contributed by atoms with Gasteiger partial charge in [0.2, 0.25) is 0 Å². The molecule has 0 aliphatic carbocycles. The lowest BCUT2D eigenvalue weighted by Crippen LogP contribution is -1.86. The number of amides is 1. The number of hydrogen-bond acceptors (Lipinski definition) is 2. The van der Waals surface area contributed by atoms with Crippen molar-refractivity contribution in [2.75, 3.05) is 0 Å². The molecule has 0 saturated carbocycles. The summed E-state index contributed by atoms with van der Waals surface area (Å²) >= 11 is 0. The molecule has 0 aliphatic heterocycles. The van der Waals surface area contributed by atoms with Crippen LogP contribution in [0.25, 0.3) is 0 Å². The van der Waals surface area contributed by atoms with Gasteiger partial charge >= 0.3 is 0 Å². The summed E-state index contributed by atoms with van der Waals surface area (Å²) in [6, 6.07) is 0. The highest BCUT2D eigenvalue weighted by Crippen LogP contribution is 2.02. The fourth-order valence-electron chi connectivity index (χ4n) is 0.710. The van der Waals surface area contributed by atoms with Gasteiger partial charge in [0.05, 0.1) is 0 Å². The Morgan fingerprint density at radius 2 is 2.30 bits per heavy atom. The Bertz CT molecular complexity index is 161. The molecule has 0 aromatic carbocycles. The molecular weight excluding hydrogens is 128 g/mol. The second-order valence-corrected chi connectivity index (χ2v) is 2.19. The third-order valence-electron chi connectivity index (χ3n) is 1.12. The SMILES string of the molecule is CCC/C(C)=C/C(=O)N=N. The van der Waals surface area contributed by atoms with Crippen LogP contribution in [0.3, 0.4) is 0 Å². The van der Waals surface area contributed by atoms with E-state index in [-0.39, 0.29) is 0 Å². The number of allylic oxidation sites excluding steroid dienone is 1. The molecule has 0 spiro atoms. The van der Waals surface area contributed by atoms with Crippen molar-refractivity contribution in [3.05, 3.63) is 11.6 Å². The van der Waals surface area contributed by atoms with Crippen molar-refractivity contribution < 1.29 is 4.79 Å². The van der Waals surface area contributed by atoms with E-state index in [1.165, 1.54) is 6.08 Å². The average molecular weight is 140 g/mol. The van der Waals surface area contributed by atoms with E-state index in [1.807, 2.05) is 13.8 Å². The monoisotopic (exact) mass is 140 g/mol. The fourth-order valence-corrected chi connectivity index (χ4v) is 0.710. The van der Waals surface area contributed by atoms with Crippen LogP contribution in [-0.4, -0.2) is 5.91 Å². The Kier molecular flexibility index (Phi) is 4.37. The highest BCUT2D eigenvalue weighted by Gasteiger charge is 1.92. The van der Waals surface area contributed by atoms with E-state index in [9.17, 15) is 4.79 Å². The van der Waals surface area contributed by atoms with Crippen molar-refractivity contribution in [3.8, 4) is 0 Å². The van der Waals surface area contributed by atoms with Crippen molar-refractivity contribution in [2.24, 2.45) is 5.11 Å². The molecule has 0 radical (unpaired) electrons. The van der Waals surface area contributed by atoms with Crippen molar-refractivity contribution >= 4 is 5.91 Å². The van der Waals surface area contributed by atoms with E-state index in [0.717, 1.165) is 18.4 Å². The normalized spacial score (nSPS) is 11.2. The first kappa shape index (κ1) is 9.01. The van der Waals surface area contributed by atoms with E-state index >= 15 is 0 Å². The Morgan fingerprint density at radius 1 is 1.70 bits per heavy atom. The zero-order chi connectivity index (χ0) is 7.98. The van der Waals surface area contributed by atoms with Crippen LogP contribution >= 0.6 is 0 Å². The van der Waals surface area contributed by atoms with Gasteiger partial charge in [-0.3, -0.25) is 4.79 Å². The predicted octanol–water partition coefficient (Wildman–Crippen LogP) is 2.29. The summed E-state index contributed by atoms with van der Waals surface area (Å²) in [5, 5.41) is 2.75. The molecule has 3 heteroatoms. The second kappa shape index (κ2) is 4.85. The minimum atomic E-state index is -0.467. The molecule has 3 nitrogen and oxygen atoms in total. The van der Waals surface area contributed by atoms with E-state index in [1.54, 1.807) is 0 Å². The number of carbonyl (C=O) groups excluding carboxylic acids is 1. The lowest BCUT2D eigenvalue weighted by atomic mass is 10.2. The summed E-state index contributed by atoms with van der Waals surface area (Å²) < 4.78 is 0. The van der Waals surface area contributed by atoms with Gasteiger partial charge < -0.3 is 0 Å². The van der Waals surface area contributed by atoms with Crippen molar-refractivity contribution in [3.63, 3.8) is 0 Å². The number of nitrogens with one attached hydrogen (secondary N) is 1. The molecule has 10 heavy (non-hydrogen) atoms. The van der Waals surface area contributed by atoms with Gasteiger partial charge in [-0.15, -0.1) is 5.11 Å². The highest BCUT2D eigenvalue weighted by atomic mass is 16.1. The van der Waals surface area contributed by atoms with Crippen LogP contribution in [-0.2, 0) is 4.79 Å². The van der Waals surface area contributed by atoms with Crippen LogP contribution in [0.5, 0.6) is 0 Å². The van der Waals surface area contributed by atoms with Gasteiger partial charge in [0.15, 0.2) is 0 Å². The molecule has 0 rings (SSSR count). The maximum atomic E-state index is 10.5. The quantitative estimate of drug-likeness (QED) is 0.474. The lowest BCUT2D eigenvalue weighted by Gasteiger charge is -1.92. The molecule has 0 heterocycles. The van der Waals surface area contributed by atoms with Crippen molar-refractivity contribution in [1.82, 2.24) is 0 Å². The molecule has 0 bridgehead atoms. The first-order valence-corrected chi connectivity index (χ1v) is 3.29. The minimum Gasteiger partial charge on any atom is -0.266 e. The Balaban J connectivity index is 3.89. The van der Waals surface area contributed by atoms with Crippen LogP contribution in [0.1, 0.15) is 26.7 Å². The molecule has 1 N–H and O–H groups in total. The first-order valence-electron chi connectivity index (χ1n) is 3.29. The van der Waals surface area contributed by atoms with Gasteiger partial charge in [0, 0.05) is 6.08 Å². The standard InChI is InChI=1S/C7H12N2O/c1-3-4-6(2)5-7(10)9-8/h5,8H,3-4H2,1-2H3/b6-5+,9-8?. The van der Waals surface area contributed by atoms with E-state index in [0.29, 0.717) is 0 Å². The highest BCUT2D eigenvalue weighted by molar-refractivity contribution is 5.88. The Morgan fingerprint density at radius 3 is 2.70 bits per heavy atom. The van der Waals surface area contributed by atoms with E-state index in [2.05, 4.69) is 5.11 Å². The van der Waals surface area contributed by atoms with Crippen molar-refractivity contribution in [1.29, 1.82) is 5.53 Å². The fraction of sp³-hybridized carbons (Fsp3) is 0.571.